The van der Waals surface area contributed by atoms with E-state index in [4.69, 9.17) is 11.6 Å². The molecule has 0 unspecified atom stereocenters. The second-order valence-electron chi connectivity index (χ2n) is 10.7. The van der Waals surface area contributed by atoms with Crippen molar-refractivity contribution in [3.05, 3.63) is 101 Å². The highest BCUT2D eigenvalue weighted by Crippen LogP contribution is 2.23. The number of carbonyl (C=O) groups is 2. The summed E-state index contributed by atoms with van der Waals surface area (Å²) in [5.41, 5.74) is 3.23. The number of nitrogens with one attached hydrogen (secondary N) is 1. The summed E-state index contributed by atoms with van der Waals surface area (Å²) < 4.78 is 26.5. The van der Waals surface area contributed by atoms with Crippen LogP contribution in [0.4, 0.5) is 5.69 Å². The number of aryl methyl sites for hydroxylation is 1. The fraction of sp³-hybridized carbons (Fsp3) is 0.375. The van der Waals surface area contributed by atoms with Gasteiger partial charge in [-0.25, -0.2) is 8.42 Å². The van der Waals surface area contributed by atoms with Gasteiger partial charge in [0.15, 0.2) is 0 Å². The first-order valence-corrected chi connectivity index (χ1v) is 16.1. The molecule has 0 saturated heterocycles. The maximum absolute atomic E-state index is 13.9. The van der Waals surface area contributed by atoms with Crippen LogP contribution in [0.5, 0.6) is 0 Å². The number of sulfonamides is 1. The van der Waals surface area contributed by atoms with Crippen LogP contribution in [0.2, 0.25) is 5.02 Å². The van der Waals surface area contributed by atoms with E-state index >= 15 is 0 Å². The molecule has 0 aromatic heterocycles. The molecule has 0 bridgehead atoms. The molecule has 220 valence electrons. The Labute approximate surface area is 249 Å². The molecule has 0 aliphatic rings. The van der Waals surface area contributed by atoms with E-state index in [1.54, 1.807) is 23.1 Å². The summed E-state index contributed by atoms with van der Waals surface area (Å²) in [7, 11) is -3.56. The van der Waals surface area contributed by atoms with Gasteiger partial charge in [0.1, 0.15) is 6.04 Å². The average molecular weight is 598 g/mol. The summed E-state index contributed by atoms with van der Waals surface area (Å²) in [6.45, 7) is 6.74. The van der Waals surface area contributed by atoms with Crippen molar-refractivity contribution in [3.8, 4) is 0 Å². The number of hydrogen-bond donors (Lipinski definition) is 1. The van der Waals surface area contributed by atoms with Crippen LogP contribution < -0.4 is 9.62 Å². The minimum Gasteiger partial charge on any atom is -0.354 e. The third-order valence-corrected chi connectivity index (χ3v) is 8.29. The van der Waals surface area contributed by atoms with Crippen molar-refractivity contribution in [1.29, 1.82) is 0 Å². The average Bonchev–Trinajstić information content (AvgIpc) is 2.93. The lowest BCUT2D eigenvalue weighted by Gasteiger charge is -2.32. The molecule has 9 heteroatoms. The zero-order valence-electron chi connectivity index (χ0n) is 24.2. The summed E-state index contributed by atoms with van der Waals surface area (Å²) in [6.07, 6.45) is 1.84. The first-order valence-electron chi connectivity index (χ1n) is 13.8. The van der Waals surface area contributed by atoms with Gasteiger partial charge in [0.05, 0.1) is 11.9 Å². The third-order valence-electron chi connectivity index (χ3n) is 6.73. The van der Waals surface area contributed by atoms with Crippen LogP contribution in [-0.2, 0) is 32.6 Å². The lowest BCUT2D eigenvalue weighted by molar-refractivity contribution is -0.141. The molecule has 3 aromatic carbocycles. The highest BCUT2D eigenvalue weighted by Gasteiger charge is 2.31. The Morgan fingerprint density at radius 2 is 1.56 bits per heavy atom. The van der Waals surface area contributed by atoms with Crippen molar-refractivity contribution in [3.63, 3.8) is 0 Å². The second kappa shape index (κ2) is 15.0. The minimum absolute atomic E-state index is 0.0606. The molecular formula is C32H40ClN3O4S. The Balaban J connectivity index is 1.88. The highest BCUT2D eigenvalue weighted by molar-refractivity contribution is 7.92. The Bertz CT molecular complexity index is 1400. The Kier molecular flexibility index (Phi) is 11.8. The molecular weight excluding hydrogens is 558 g/mol. The fourth-order valence-corrected chi connectivity index (χ4v) is 5.66. The highest BCUT2D eigenvalue weighted by atomic mass is 35.5. The monoisotopic (exact) mass is 597 g/mol. The Hall–Kier alpha value is -3.36. The first kappa shape index (κ1) is 32.2. The molecule has 0 aliphatic carbocycles. The summed E-state index contributed by atoms with van der Waals surface area (Å²) in [6, 6.07) is 23.3. The van der Waals surface area contributed by atoms with Gasteiger partial charge >= 0.3 is 0 Å². The van der Waals surface area contributed by atoms with Gasteiger partial charge in [-0.3, -0.25) is 13.9 Å². The number of hydrogen-bond acceptors (Lipinski definition) is 4. The van der Waals surface area contributed by atoms with Crippen LogP contribution in [0.15, 0.2) is 78.9 Å². The van der Waals surface area contributed by atoms with Gasteiger partial charge in [0.25, 0.3) is 0 Å². The Morgan fingerprint density at radius 3 is 2.17 bits per heavy atom. The summed E-state index contributed by atoms with van der Waals surface area (Å²) in [4.78, 5) is 29.0. The molecule has 3 rings (SSSR count). The molecule has 41 heavy (non-hydrogen) atoms. The number of carbonyl (C=O) groups excluding carboxylic acids is 2. The molecule has 0 saturated carbocycles. The van der Waals surface area contributed by atoms with Crippen molar-refractivity contribution >= 4 is 39.1 Å². The van der Waals surface area contributed by atoms with Gasteiger partial charge < -0.3 is 10.2 Å². The van der Waals surface area contributed by atoms with Crippen molar-refractivity contribution in [2.24, 2.45) is 5.92 Å². The van der Waals surface area contributed by atoms with E-state index in [0.29, 0.717) is 23.7 Å². The van der Waals surface area contributed by atoms with Crippen LogP contribution in [0.25, 0.3) is 0 Å². The smallest absolute Gasteiger partial charge is 0.243 e. The van der Waals surface area contributed by atoms with E-state index in [2.05, 4.69) is 5.32 Å². The van der Waals surface area contributed by atoms with E-state index < -0.39 is 16.1 Å². The molecule has 0 heterocycles. The van der Waals surface area contributed by atoms with Crippen LogP contribution in [0, 0.1) is 12.8 Å². The van der Waals surface area contributed by atoms with Gasteiger partial charge in [0.2, 0.25) is 21.8 Å². The minimum atomic E-state index is -3.56. The van der Waals surface area contributed by atoms with E-state index in [0.717, 1.165) is 22.9 Å². The SMILES string of the molecule is Cc1ccc(N(CCCC(=O)N(Cc2ccccc2Cl)[C@H](Cc2ccccc2)C(=O)NCC(C)C)S(C)(=O)=O)cc1. The number of benzene rings is 3. The second-order valence-corrected chi connectivity index (χ2v) is 13.0. The maximum Gasteiger partial charge on any atom is 0.243 e. The molecule has 1 N–H and O–H groups in total. The van der Waals surface area contributed by atoms with Gasteiger partial charge in [-0.1, -0.05) is 91.7 Å². The van der Waals surface area contributed by atoms with Gasteiger partial charge in [-0.15, -0.1) is 0 Å². The Morgan fingerprint density at radius 1 is 0.927 bits per heavy atom. The standard InChI is InChI=1S/C32H40ClN3O4S/c1-24(2)22-34-32(38)30(21-26-11-6-5-7-12-26)35(23-27-13-8-9-14-29(27)33)31(37)15-10-20-36(41(4,39)40)28-18-16-25(3)17-19-28/h5-9,11-14,16-19,24,30H,10,15,20-23H2,1-4H3,(H,34,38)/t30-/m1/s1. The van der Waals surface area contributed by atoms with Crippen molar-refractivity contribution in [2.75, 3.05) is 23.7 Å². The largest absolute Gasteiger partial charge is 0.354 e. The number of rotatable bonds is 14. The van der Waals surface area contributed by atoms with E-state index in [9.17, 15) is 18.0 Å². The van der Waals surface area contributed by atoms with Crippen molar-refractivity contribution in [2.45, 2.75) is 52.6 Å². The van der Waals surface area contributed by atoms with Crippen LogP contribution >= 0.6 is 11.6 Å². The number of nitrogens with zero attached hydrogens (tertiary/aromatic N) is 2. The summed E-state index contributed by atoms with van der Waals surface area (Å²) in [5.74, 6) is -0.240. The lowest BCUT2D eigenvalue weighted by Crippen LogP contribution is -2.51. The fourth-order valence-electron chi connectivity index (χ4n) is 4.50. The van der Waals surface area contributed by atoms with Crippen LogP contribution in [0.3, 0.4) is 0 Å². The lowest BCUT2D eigenvalue weighted by atomic mass is 10.0. The van der Waals surface area contributed by atoms with Gasteiger partial charge in [-0.2, -0.15) is 0 Å². The van der Waals surface area contributed by atoms with Crippen LogP contribution in [-0.4, -0.2) is 50.5 Å². The molecule has 0 spiro atoms. The van der Waals surface area contributed by atoms with E-state index in [-0.39, 0.29) is 43.7 Å². The molecule has 0 fully saturated rings. The number of anilines is 1. The predicted molar refractivity (Wildman–Crippen MR) is 166 cm³/mol. The number of amides is 2. The molecule has 2 amide bonds. The zero-order valence-corrected chi connectivity index (χ0v) is 25.8. The predicted octanol–water partition coefficient (Wildman–Crippen LogP) is 5.61. The topological polar surface area (TPSA) is 86.8 Å². The van der Waals surface area contributed by atoms with E-state index in [1.165, 1.54) is 4.31 Å². The molecule has 0 radical (unpaired) electrons. The van der Waals surface area contributed by atoms with Crippen molar-refractivity contribution in [1.82, 2.24) is 10.2 Å². The van der Waals surface area contributed by atoms with E-state index in [1.807, 2.05) is 81.4 Å². The molecule has 0 aliphatic heterocycles. The zero-order chi connectivity index (χ0) is 30.0. The summed E-state index contributed by atoms with van der Waals surface area (Å²) >= 11 is 6.48. The van der Waals surface area contributed by atoms with Gasteiger partial charge in [0, 0.05) is 37.5 Å². The van der Waals surface area contributed by atoms with Gasteiger partial charge in [-0.05, 0) is 48.6 Å². The number of halogens is 1. The molecule has 1 atom stereocenters. The third kappa shape index (κ3) is 9.90. The van der Waals surface area contributed by atoms with Crippen LogP contribution in [0.1, 0.15) is 43.4 Å². The van der Waals surface area contributed by atoms with Crippen molar-refractivity contribution < 1.29 is 18.0 Å². The normalized spacial score (nSPS) is 12.1. The maximum atomic E-state index is 13.9. The first-order chi connectivity index (χ1) is 19.5. The summed E-state index contributed by atoms with van der Waals surface area (Å²) in [5, 5.41) is 3.51. The molecule has 3 aromatic rings. The quantitative estimate of drug-likeness (QED) is 0.262. The molecule has 7 nitrogen and oxygen atoms in total.